The van der Waals surface area contributed by atoms with Crippen LogP contribution < -0.4 is 4.72 Å². The number of nitro groups is 1. The first-order valence-electron chi connectivity index (χ1n) is 7.11. The fourth-order valence-corrected chi connectivity index (χ4v) is 3.41. The van der Waals surface area contributed by atoms with Crippen LogP contribution in [0.5, 0.6) is 0 Å². The molecule has 0 aromatic heterocycles. The number of benzene rings is 2. The summed E-state index contributed by atoms with van der Waals surface area (Å²) in [6.07, 6.45) is 0. The van der Waals surface area contributed by atoms with Gasteiger partial charge < -0.3 is 4.72 Å². The number of rotatable bonds is 6. The molecule has 0 saturated carbocycles. The number of nitrogens with zero attached hydrogens (tertiary/aromatic N) is 2. The van der Waals surface area contributed by atoms with Crippen LogP contribution in [-0.4, -0.2) is 62.1 Å². The van der Waals surface area contributed by atoms with Crippen LogP contribution >= 0.6 is 35.1 Å². The molecule has 0 heterocycles. The molecule has 2 rings (SSSR count). The number of carbonyl (C=O) groups excluding carboxylic acids is 1. The molecule has 10 heteroatoms. The van der Waals surface area contributed by atoms with Crippen molar-refractivity contribution < 1.29 is 9.72 Å². The minimum atomic E-state index is -0.554. The van der Waals surface area contributed by atoms with Gasteiger partial charge in [0.15, 0.2) is 5.78 Å². The monoisotopic (exact) mass is 446 g/mol. The SMILES string of the molecule is CC(=O)C(=CSNc1c(Cl)cccc1[N+](=O)[O-])c1ccc(C#N)cc1Cl.[K]. The van der Waals surface area contributed by atoms with E-state index in [0.29, 0.717) is 16.7 Å². The van der Waals surface area contributed by atoms with Crippen molar-refractivity contribution >= 4 is 109 Å². The number of halogens is 2. The predicted octanol–water partition coefficient (Wildman–Crippen LogP) is 5.08. The van der Waals surface area contributed by atoms with Crippen LogP contribution in [0.1, 0.15) is 18.1 Å². The molecule has 0 aliphatic rings. The minimum Gasteiger partial charge on any atom is -0.319 e. The molecule has 0 spiro atoms. The quantitative estimate of drug-likeness (QED) is 0.218. The molecule has 0 bridgehead atoms. The number of Topliss-reactive ketones (excluding diaryl/α,β-unsaturated/α-hetero) is 1. The number of nitrogens with one attached hydrogen (secondary N) is 1. The Hall–Kier alpha value is -0.894. The first kappa shape index (κ1) is 24.1. The van der Waals surface area contributed by atoms with E-state index in [1.165, 1.54) is 36.6 Å². The number of allylic oxidation sites excluding steroid dienone is 1. The summed E-state index contributed by atoms with van der Waals surface area (Å²) in [4.78, 5) is 22.5. The van der Waals surface area contributed by atoms with E-state index < -0.39 is 4.92 Å². The summed E-state index contributed by atoms with van der Waals surface area (Å²) in [6.45, 7) is 1.37. The largest absolute Gasteiger partial charge is 0.319 e. The maximum atomic E-state index is 12.0. The summed E-state index contributed by atoms with van der Waals surface area (Å²) in [5.74, 6) is -0.250. The van der Waals surface area contributed by atoms with Gasteiger partial charge in [0.25, 0.3) is 5.69 Å². The molecule has 2 aromatic carbocycles. The van der Waals surface area contributed by atoms with E-state index >= 15 is 0 Å². The second kappa shape index (κ2) is 11.2. The molecule has 1 radical (unpaired) electrons. The van der Waals surface area contributed by atoms with Crippen molar-refractivity contribution in [3.05, 3.63) is 73.1 Å². The summed E-state index contributed by atoms with van der Waals surface area (Å²) < 4.78 is 2.78. The predicted molar refractivity (Wildman–Crippen MR) is 110 cm³/mol. The Bertz CT molecular complexity index is 961. The van der Waals surface area contributed by atoms with Crippen molar-refractivity contribution in [2.75, 3.05) is 4.72 Å². The van der Waals surface area contributed by atoms with E-state index in [9.17, 15) is 14.9 Å². The fraction of sp³-hybridized carbons (Fsp3) is 0.0588. The van der Waals surface area contributed by atoms with Crippen molar-refractivity contribution in [2.45, 2.75) is 6.92 Å². The van der Waals surface area contributed by atoms with Gasteiger partial charge in [-0.3, -0.25) is 14.9 Å². The van der Waals surface area contributed by atoms with Gasteiger partial charge in [-0.25, -0.2) is 0 Å². The van der Waals surface area contributed by atoms with Gasteiger partial charge in [-0.2, -0.15) is 5.26 Å². The summed E-state index contributed by atoms with van der Waals surface area (Å²) in [7, 11) is 0. The molecule has 0 fully saturated rings. The number of ketones is 1. The molecule has 0 amide bonds. The van der Waals surface area contributed by atoms with Gasteiger partial charge >= 0.3 is 0 Å². The van der Waals surface area contributed by atoms with Gasteiger partial charge in [0.1, 0.15) is 5.69 Å². The first-order chi connectivity index (χ1) is 12.3. The van der Waals surface area contributed by atoms with Gasteiger partial charge in [0, 0.05) is 79.0 Å². The van der Waals surface area contributed by atoms with Crippen molar-refractivity contribution in [1.82, 2.24) is 0 Å². The summed E-state index contributed by atoms with van der Waals surface area (Å²) in [6, 6.07) is 10.9. The van der Waals surface area contributed by atoms with E-state index in [0.717, 1.165) is 11.9 Å². The van der Waals surface area contributed by atoms with Crippen molar-refractivity contribution in [3.8, 4) is 6.07 Å². The zero-order chi connectivity index (χ0) is 19.3. The smallest absolute Gasteiger partial charge is 0.294 e. The number of nitro benzene ring substituents is 1. The van der Waals surface area contributed by atoms with E-state index in [1.54, 1.807) is 12.1 Å². The number of para-hydroxylation sites is 1. The Balaban J connectivity index is 0.00000364. The zero-order valence-corrected chi connectivity index (χ0v) is 19.8. The van der Waals surface area contributed by atoms with Crippen LogP contribution in [0, 0.1) is 21.4 Å². The number of hydrogen-bond donors (Lipinski definition) is 1. The molecule has 27 heavy (non-hydrogen) atoms. The van der Waals surface area contributed by atoms with Crippen molar-refractivity contribution in [3.63, 3.8) is 0 Å². The van der Waals surface area contributed by atoms with Gasteiger partial charge in [0.05, 0.1) is 21.6 Å². The van der Waals surface area contributed by atoms with Gasteiger partial charge in [0.2, 0.25) is 0 Å². The Morgan fingerprint density at radius 2 is 2.00 bits per heavy atom. The maximum absolute atomic E-state index is 12.0. The van der Waals surface area contributed by atoms with E-state index in [4.69, 9.17) is 28.5 Å². The van der Waals surface area contributed by atoms with Gasteiger partial charge in [-0.1, -0.05) is 35.3 Å². The van der Waals surface area contributed by atoms with Gasteiger partial charge in [-0.05, 0) is 37.1 Å². The van der Waals surface area contributed by atoms with Gasteiger partial charge in [-0.15, -0.1) is 0 Å². The molecular formula is C17H11Cl2KN3O3S. The minimum absolute atomic E-state index is 0. The molecule has 133 valence electrons. The van der Waals surface area contributed by atoms with Crippen molar-refractivity contribution in [1.29, 1.82) is 5.26 Å². The number of carbonyl (C=O) groups is 1. The van der Waals surface area contributed by atoms with Crippen LogP contribution in [0.15, 0.2) is 41.8 Å². The Kier molecular flexibility index (Phi) is 10.0. The molecule has 2 aromatic rings. The molecule has 0 unspecified atom stereocenters. The Morgan fingerprint density at radius 3 is 2.56 bits per heavy atom. The molecule has 1 N–H and O–H groups in total. The molecule has 6 nitrogen and oxygen atoms in total. The second-order valence-electron chi connectivity index (χ2n) is 5.01. The first-order valence-corrected chi connectivity index (χ1v) is 8.74. The van der Waals surface area contributed by atoms with Crippen LogP contribution in [0.4, 0.5) is 11.4 Å². The zero-order valence-electron chi connectivity index (χ0n) is 14.3. The Labute approximate surface area is 212 Å². The van der Waals surface area contributed by atoms with Crippen molar-refractivity contribution in [2.24, 2.45) is 0 Å². The van der Waals surface area contributed by atoms with Crippen LogP contribution in [0.2, 0.25) is 10.0 Å². The third-order valence-corrected chi connectivity index (χ3v) is 4.60. The van der Waals surface area contributed by atoms with Crippen LogP contribution in [0.25, 0.3) is 5.57 Å². The number of nitriles is 1. The normalized spacial score (nSPS) is 10.5. The summed E-state index contributed by atoms with van der Waals surface area (Å²) in [5, 5.41) is 21.9. The molecule has 0 saturated heterocycles. The second-order valence-corrected chi connectivity index (χ2v) is 6.50. The molecule has 0 atom stereocenters. The maximum Gasteiger partial charge on any atom is 0.294 e. The number of hydrogen-bond acceptors (Lipinski definition) is 6. The number of anilines is 1. The standard InChI is InChI=1S/C17H11Cl2N3O3S.K/c1-10(23)13(12-6-5-11(8-20)7-15(12)19)9-26-21-17-14(18)3-2-4-16(17)22(24)25;/h2-7,9,21H,1H3;. The average molecular weight is 447 g/mol. The molecular weight excluding hydrogens is 436 g/mol. The molecule has 0 aliphatic heterocycles. The Morgan fingerprint density at radius 1 is 1.30 bits per heavy atom. The third-order valence-electron chi connectivity index (χ3n) is 3.29. The topological polar surface area (TPSA) is 96.0 Å². The third kappa shape index (κ3) is 6.31. The van der Waals surface area contributed by atoms with Crippen LogP contribution in [0.3, 0.4) is 0 Å². The average Bonchev–Trinajstić information content (AvgIpc) is 2.59. The summed E-state index contributed by atoms with van der Waals surface area (Å²) in [5.41, 5.74) is 1.08. The van der Waals surface area contributed by atoms with Crippen LogP contribution in [-0.2, 0) is 4.79 Å². The molecule has 0 aliphatic carbocycles. The van der Waals surface area contributed by atoms with E-state index in [1.807, 2.05) is 6.07 Å². The fourth-order valence-electron chi connectivity index (χ4n) is 2.05. The summed E-state index contributed by atoms with van der Waals surface area (Å²) >= 11 is 13.1. The van der Waals surface area contributed by atoms with E-state index in [2.05, 4.69) is 4.72 Å². The van der Waals surface area contributed by atoms with E-state index in [-0.39, 0.29) is 78.6 Å².